The highest BCUT2D eigenvalue weighted by Crippen LogP contribution is 2.15. The molecule has 0 amide bonds. The van der Waals surface area contributed by atoms with Crippen LogP contribution in [0.4, 0.5) is 8.78 Å². The van der Waals surface area contributed by atoms with Crippen molar-refractivity contribution in [3.05, 3.63) is 47.3 Å². The average Bonchev–Trinajstić information content (AvgIpc) is 2.70. The molecule has 0 aliphatic heterocycles. The summed E-state index contributed by atoms with van der Waals surface area (Å²) in [6.45, 7) is 1.76. The third-order valence-corrected chi connectivity index (χ3v) is 2.49. The fraction of sp³-hybridized carbons (Fsp3) is 0.250. The van der Waals surface area contributed by atoms with Gasteiger partial charge in [0.15, 0.2) is 0 Å². The van der Waals surface area contributed by atoms with Crippen LogP contribution >= 0.6 is 0 Å². The number of halogens is 2. The molecule has 0 unspecified atom stereocenters. The molecule has 17 heavy (non-hydrogen) atoms. The molecule has 0 saturated carbocycles. The molecule has 2 aromatic rings. The van der Waals surface area contributed by atoms with Gasteiger partial charge < -0.3 is 5.11 Å². The number of rotatable bonds is 3. The number of aliphatic hydroxyl groups is 1. The Hall–Kier alpha value is -1.75. The van der Waals surface area contributed by atoms with Crippen LogP contribution in [0.15, 0.2) is 24.4 Å². The van der Waals surface area contributed by atoms with Gasteiger partial charge in [-0.25, -0.2) is 13.5 Å². The van der Waals surface area contributed by atoms with Gasteiger partial charge >= 0.3 is 0 Å². The summed E-state index contributed by atoms with van der Waals surface area (Å²) in [4.78, 5) is 0. The van der Waals surface area contributed by atoms with Crippen molar-refractivity contribution in [2.24, 2.45) is 0 Å². The number of hydrogen-bond acceptors (Lipinski definition) is 2. The predicted octanol–water partition coefficient (Wildman–Crippen LogP) is 2.21. The van der Waals surface area contributed by atoms with Crippen molar-refractivity contribution in [3.63, 3.8) is 0 Å². The topological polar surface area (TPSA) is 38.0 Å². The Morgan fingerprint density at radius 3 is 2.35 bits per heavy atom. The number of nitrogens with zero attached hydrogens (tertiary/aromatic N) is 2. The van der Waals surface area contributed by atoms with E-state index in [-0.39, 0.29) is 6.61 Å². The van der Waals surface area contributed by atoms with E-state index >= 15 is 0 Å². The summed E-state index contributed by atoms with van der Waals surface area (Å²) in [5.41, 5.74) is 1.69. The van der Waals surface area contributed by atoms with E-state index in [1.807, 2.05) is 6.92 Å². The summed E-state index contributed by atoms with van der Waals surface area (Å²) >= 11 is 0. The van der Waals surface area contributed by atoms with Crippen LogP contribution in [0.5, 0.6) is 0 Å². The fourth-order valence-electron chi connectivity index (χ4n) is 1.68. The summed E-state index contributed by atoms with van der Waals surface area (Å²) in [6.07, 6.45) is 2.23. The van der Waals surface area contributed by atoms with Crippen LogP contribution in [0, 0.1) is 11.6 Å². The van der Waals surface area contributed by atoms with Gasteiger partial charge in [0, 0.05) is 17.8 Å². The molecule has 0 aliphatic rings. The predicted molar refractivity (Wildman–Crippen MR) is 58.8 cm³/mol. The van der Waals surface area contributed by atoms with Crippen molar-refractivity contribution < 1.29 is 13.9 Å². The number of benzene rings is 1. The molecule has 0 atom stereocenters. The Morgan fingerprint density at radius 1 is 1.24 bits per heavy atom. The molecule has 1 heterocycles. The molecule has 0 aliphatic carbocycles. The average molecular weight is 238 g/mol. The van der Waals surface area contributed by atoms with Crippen molar-refractivity contribution in [1.29, 1.82) is 0 Å². The van der Waals surface area contributed by atoms with Crippen LogP contribution in [0.1, 0.15) is 18.2 Å². The smallest absolute Gasteiger partial charge is 0.128 e. The summed E-state index contributed by atoms with van der Waals surface area (Å²) in [6, 6.07) is 3.19. The van der Waals surface area contributed by atoms with Gasteiger partial charge in [0.2, 0.25) is 0 Å². The van der Waals surface area contributed by atoms with Crippen LogP contribution in [0.2, 0.25) is 0 Å². The van der Waals surface area contributed by atoms with E-state index in [1.165, 1.54) is 16.8 Å². The van der Waals surface area contributed by atoms with Gasteiger partial charge in [-0.15, -0.1) is 0 Å². The van der Waals surface area contributed by atoms with Gasteiger partial charge in [-0.2, -0.15) is 5.10 Å². The van der Waals surface area contributed by atoms with Gasteiger partial charge in [-0.05, 0) is 18.6 Å². The summed E-state index contributed by atoms with van der Waals surface area (Å²) in [5, 5.41) is 13.3. The second kappa shape index (κ2) is 4.63. The lowest BCUT2D eigenvalue weighted by molar-refractivity contribution is 0.280. The van der Waals surface area contributed by atoms with E-state index in [0.717, 1.165) is 11.8 Å². The monoisotopic (exact) mass is 238 g/mol. The van der Waals surface area contributed by atoms with Crippen LogP contribution < -0.4 is 0 Å². The first-order chi connectivity index (χ1) is 8.13. The SMILES string of the molecule is CCc1nn(-c2cc(F)cc(F)c2)cc1CO. The van der Waals surface area contributed by atoms with Crippen molar-refractivity contribution in [1.82, 2.24) is 9.78 Å². The minimum absolute atomic E-state index is 0.138. The molecule has 0 fully saturated rings. The molecule has 2 rings (SSSR count). The molecule has 5 heteroatoms. The molecule has 90 valence electrons. The lowest BCUT2D eigenvalue weighted by atomic mass is 10.2. The van der Waals surface area contributed by atoms with Gasteiger partial charge in [-0.3, -0.25) is 0 Å². The minimum atomic E-state index is -0.654. The van der Waals surface area contributed by atoms with Crippen LogP contribution in [0.25, 0.3) is 5.69 Å². The maximum Gasteiger partial charge on any atom is 0.128 e. The Kier molecular flexibility index (Phi) is 3.19. The zero-order valence-corrected chi connectivity index (χ0v) is 9.32. The van der Waals surface area contributed by atoms with Crippen molar-refractivity contribution >= 4 is 0 Å². The van der Waals surface area contributed by atoms with Gasteiger partial charge in [-0.1, -0.05) is 6.92 Å². The first-order valence-corrected chi connectivity index (χ1v) is 5.28. The molecule has 0 bridgehead atoms. The summed E-state index contributed by atoms with van der Waals surface area (Å²) < 4.78 is 27.5. The van der Waals surface area contributed by atoms with Crippen LogP contribution in [-0.4, -0.2) is 14.9 Å². The molecule has 0 radical (unpaired) electrons. The van der Waals surface area contributed by atoms with E-state index < -0.39 is 11.6 Å². The number of aromatic nitrogens is 2. The first-order valence-electron chi connectivity index (χ1n) is 5.28. The Bertz CT molecular complexity index is 496. The molecule has 0 saturated heterocycles. The molecule has 0 spiro atoms. The van der Waals surface area contributed by atoms with Gasteiger partial charge in [0.1, 0.15) is 11.6 Å². The summed E-state index contributed by atoms with van der Waals surface area (Å²) in [7, 11) is 0. The van der Waals surface area contributed by atoms with Crippen molar-refractivity contribution in [2.45, 2.75) is 20.0 Å². The maximum absolute atomic E-state index is 13.1. The second-order valence-electron chi connectivity index (χ2n) is 3.68. The third kappa shape index (κ3) is 2.34. The highest BCUT2D eigenvalue weighted by Gasteiger charge is 2.09. The third-order valence-electron chi connectivity index (χ3n) is 2.49. The van der Waals surface area contributed by atoms with Crippen molar-refractivity contribution in [2.75, 3.05) is 0 Å². The van der Waals surface area contributed by atoms with E-state index in [2.05, 4.69) is 5.10 Å². The van der Waals surface area contributed by atoms with Crippen LogP contribution in [-0.2, 0) is 13.0 Å². The van der Waals surface area contributed by atoms with E-state index in [4.69, 9.17) is 5.11 Å². The van der Waals surface area contributed by atoms with E-state index in [1.54, 1.807) is 6.20 Å². The normalized spacial score (nSPS) is 10.8. The lowest BCUT2D eigenvalue weighted by Crippen LogP contribution is -1.97. The highest BCUT2D eigenvalue weighted by atomic mass is 19.1. The quantitative estimate of drug-likeness (QED) is 0.890. The Balaban J connectivity index is 2.48. The Labute approximate surface area is 97.3 Å². The number of aryl methyl sites for hydroxylation is 1. The minimum Gasteiger partial charge on any atom is -0.392 e. The summed E-state index contributed by atoms with van der Waals surface area (Å²) in [5.74, 6) is -1.31. The molecule has 1 N–H and O–H groups in total. The molecule has 3 nitrogen and oxygen atoms in total. The maximum atomic E-state index is 13.1. The standard InChI is InChI=1S/C12H12F2N2O/c1-2-12-8(7-17)6-16(15-12)11-4-9(13)3-10(14)5-11/h3-6,17H,2,7H2,1H3. The largest absolute Gasteiger partial charge is 0.392 e. The van der Waals surface area contributed by atoms with E-state index in [9.17, 15) is 8.78 Å². The van der Waals surface area contributed by atoms with E-state index in [0.29, 0.717) is 17.7 Å². The lowest BCUT2D eigenvalue weighted by Gasteiger charge is -2.01. The molecular formula is C12H12F2N2O. The van der Waals surface area contributed by atoms with Crippen LogP contribution in [0.3, 0.4) is 0 Å². The molecule has 1 aromatic carbocycles. The molecular weight excluding hydrogens is 226 g/mol. The molecule has 1 aromatic heterocycles. The number of hydrogen-bond donors (Lipinski definition) is 1. The second-order valence-corrected chi connectivity index (χ2v) is 3.68. The van der Waals surface area contributed by atoms with Gasteiger partial charge in [0.05, 0.1) is 18.0 Å². The number of aliphatic hydroxyl groups excluding tert-OH is 1. The fourth-order valence-corrected chi connectivity index (χ4v) is 1.68. The first kappa shape index (κ1) is 11.7. The highest BCUT2D eigenvalue weighted by molar-refractivity contribution is 5.34. The zero-order chi connectivity index (χ0) is 12.4. The van der Waals surface area contributed by atoms with Gasteiger partial charge in [0.25, 0.3) is 0 Å². The Morgan fingerprint density at radius 2 is 1.88 bits per heavy atom. The van der Waals surface area contributed by atoms with Crippen molar-refractivity contribution in [3.8, 4) is 5.69 Å². The zero-order valence-electron chi connectivity index (χ0n) is 9.32.